The van der Waals surface area contributed by atoms with E-state index in [0.717, 1.165) is 17.5 Å². The molecular formula is C24H33NO5. The van der Waals surface area contributed by atoms with Crippen LogP contribution >= 0.6 is 0 Å². The van der Waals surface area contributed by atoms with Crippen LogP contribution in [0.5, 0.6) is 0 Å². The average Bonchev–Trinajstić information content (AvgIpc) is 2.98. The number of ether oxygens (including phenoxy) is 1. The maximum atomic E-state index is 13.8. The molecule has 0 aliphatic carbocycles. The van der Waals surface area contributed by atoms with Crippen molar-refractivity contribution in [2.24, 2.45) is 11.3 Å². The van der Waals surface area contributed by atoms with Crippen molar-refractivity contribution in [3.8, 4) is 0 Å². The van der Waals surface area contributed by atoms with Gasteiger partial charge in [-0.05, 0) is 48.8 Å². The van der Waals surface area contributed by atoms with Gasteiger partial charge in [-0.15, -0.1) is 0 Å². The first-order chi connectivity index (χ1) is 14.1. The molecule has 2 heterocycles. The summed E-state index contributed by atoms with van der Waals surface area (Å²) in [6.07, 6.45) is 2.42. The summed E-state index contributed by atoms with van der Waals surface area (Å²) in [5.41, 5.74) is -0.432. The third-order valence-corrected chi connectivity index (χ3v) is 6.60. The molecule has 3 rings (SSSR count). The molecule has 0 unspecified atom stereocenters. The highest BCUT2D eigenvalue weighted by Gasteiger charge is 2.67. The van der Waals surface area contributed by atoms with Crippen LogP contribution in [0.15, 0.2) is 36.1 Å². The van der Waals surface area contributed by atoms with Gasteiger partial charge in [0.25, 0.3) is 5.91 Å². The number of aliphatic carboxylic acids is 1. The third-order valence-electron chi connectivity index (χ3n) is 6.60. The number of hydrogen-bond donors (Lipinski definition) is 2. The van der Waals surface area contributed by atoms with Gasteiger partial charge in [-0.1, -0.05) is 52.0 Å². The zero-order valence-electron chi connectivity index (χ0n) is 18.5. The lowest BCUT2D eigenvalue weighted by atomic mass is 9.66. The van der Waals surface area contributed by atoms with Gasteiger partial charge in [-0.3, -0.25) is 4.79 Å². The topological polar surface area (TPSA) is 87.1 Å². The van der Waals surface area contributed by atoms with Crippen LogP contribution in [0.4, 0.5) is 0 Å². The largest absolute Gasteiger partial charge is 0.488 e. The summed E-state index contributed by atoms with van der Waals surface area (Å²) in [4.78, 5) is 28.0. The molecule has 2 aliphatic heterocycles. The third kappa shape index (κ3) is 3.41. The number of aliphatic hydroxyl groups excluding tert-OH is 1. The van der Waals surface area contributed by atoms with Crippen molar-refractivity contribution in [3.05, 3.63) is 47.2 Å². The minimum atomic E-state index is -1.55. The summed E-state index contributed by atoms with van der Waals surface area (Å²) < 4.78 is 5.64. The molecule has 1 aromatic rings. The van der Waals surface area contributed by atoms with E-state index >= 15 is 0 Å². The number of rotatable bonds is 4. The summed E-state index contributed by atoms with van der Waals surface area (Å²) in [6.45, 7) is 9.89. The number of carboxylic acids is 1. The maximum absolute atomic E-state index is 13.8. The van der Waals surface area contributed by atoms with Gasteiger partial charge in [0.1, 0.15) is 5.54 Å². The highest BCUT2D eigenvalue weighted by molar-refractivity contribution is 5.97. The first-order valence-corrected chi connectivity index (χ1v) is 10.7. The second kappa shape index (κ2) is 8.06. The van der Waals surface area contributed by atoms with Crippen LogP contribution in [0.25, 0.3) is 0 Å². The summed E-state index contributed by atoms with van der Waals surface area (Å²) >= 11 is 0. The van der Waals surface area contributed by atoms with Gasteiger partial charge >= 0.3 is 5.97 Å². The Hall–Kier alpha value is -2.34. The number of carbonyl (C=O) groups excluding carboxylic acids is 1. The van der Waals surface area contributed by atoms with Crippen molar-refractivity contribution in [2.45, 2.75) is 71.6 Å². The number of allylic oxidation sites excluding steroid dienone is 1. The van der Waals surface area contributed by atoms with Gasteiger partial charge in [0.2, 0.25) is 0 Å². The molecule has 0 spiro atoms. The molecule has 1 aromatic carbocycles. The lowest BCUT2D eigenvalue weighted by molar-refractivity contribution is -0.163. The first-order valence-electron chi connectivity index (χ1n) is 10.7. The Balaban J connectivity index is 2.28. The molecule has 6 nitrogen and oxygen atoms in total. The van der Waals surface area contributed by atoms with Gasteiger partial charge in [0.05, 0.1) is 18.8 Å². The Morgan fingerprint density at radius 2 is 1.93 bits per heavy atom. The lowest BCUT2D eigenvalue weighted by Crippen LogP contribution is -2.59. The van der Waals surface area contributed by atoms with E-state index in [9.17, 15) is 19.8 Å². The number of aliphatic hydroxyl groups is 1. The fraction of sp³-hybridized carbons (Fsp3) is 0.583. The Bertz CT molecular complexity index is 855. The standard InChI is InChI=1S/C24H33NO5/c1-6-24(22(28)29)20(23(3,4)5)19(26)18(16-12-8-7-11-15(16)2)25(24)21(27)17-13-9-10-14-30-17/h7-8,11-13,18-20,26H,6,9-10,14H2,1-5H3,(H,28,29)/t18-,19+,20+,24-/m0/s1. The monoisotopic (exact) mass is 415 g/mol. The summed E-state index contributed by atoms with van der Waals surface area (Å²) in [5.74, 6) is -2.03. The fourth-order valence-corrected chi connectivity index (χ4v) is 5.40. The first kappa shape index (κ1) is 22.3. The van der Waals surface area contributed by atoms with E-state index < -0.39 is 40.9 Å². The molecule has 0 bridgehead atoms. The number of hydrogen-bond acceptors (Lipinski definition) is 4. The number of nitrogens with zero attached hydrogens (tertiary/aromatic N) is 1. The van der Waals surface area contributed by atoms with Gasteiger partial charge in [0.15, 0.2) is 5.76 Å². The Morgan fingerprint density at radius 1 is 1.27 bits per heavy atom. The molecule has 30 heavy (non-hydrogen) atoms. The second-order valence-electron chi connectivity index (χ2n) is 9.45. The van der Waals surface area contributed by atoms with Crippen LogP contribution in [0.3, 0.4) is 0 Å². The zero-order valence-corrected chi connectivity index (χ0v) is 18.5. The molecule has 4 atom stereocenters. The molecule has 1 amide bonds. The number of aryl methyl sites for hydroxylation is 1. The van der Waals surface area contributed by atoms with E-state index in [0.29, 0.717) is 13.0 Å². The SMILES string of the molecule is CC[C@@]1(C(=O)O)[C@@H](C(C)(C)C)[C@H](O)[C@H](c2ccccc2C)N1C(=O)C1=CCCCO1. The number of likely N-dealkylation sites (tertiary alicyclic amines) is 1. The molecule has 164 valence electrons. The van der Waals surface area contributed by atoms with Crippen LogP contribution in [-0.2, 0) is 14.3 Å². The number of amides is 1. The van der Waals surface area contributed by atoms with Gasteiger partial charge in [-0.25, -0.2) is 4.79 Å². The van der Waals surface area contributed by atoms with Crippen molar-refractivity contribution in [3.63, 3.8) is 0 Å². The Morgan fingerprint density at radius 3 is 2.43 bits per heavy atom. The van der Waals surface area contributed by atoms with Crippen LogP contribution < -0.4 is 0 Å². The highest BCUT2D eigenvalue weighted by Crippen LogP contribution is 2.55. The van der Waals surface area contributed by atoms with E-state index in [4.69, 9.17) is 4.74 Å². The van der Waals surface area contributed by atoms with Crippen LogP contribution in [0, 0.1) is 18.3 Å². The van der Waals surface area contributed by atoms with Gasteiger partial charge in [-0.2, -0.15) is 0 Å². The molecule has 0 aromatic heterocycles. The minimum Gasteiger partial charge on any atom is -0.488 e. The number of carbonyl (C=O) groups is 2. The molecule has 1 saturated heterocycles. The van der Waals surface area contributed by atoms with Crippen LogP contribution in [0.1, 0.15) is 64.1 Å². The molecule has 6 heteroatoms. The summed E-state index contributed by atoms with van der Waals surface area (Å²) in [5, 5.41) is 22.1. The van der Waals surface area contributed by atoms with Crippen molar-refractivity contribution in [2.75, 3.05) is 6.61 Å². The normalized spacial score (nSPS) is 29.3. The zero-order chi connectivity index (χ0) is 22.3. The smallest absolute Gasteiger partial charge is 0.330 e. The van der Waals surface area contributed by atoms with Crippen LogP contribution in [0.2, 0.25) is 0 Å². The molecule has 1 fully saturated rings. The molecular weight excluding hydrogens is 382 g/mol. The van der Waals surface area contributed by atoms with Crippen molar-refractivity contribution < 1.29 is 24.5 Å². The van der Waals surface area contributed by atoms with E-state index in [1.165, 1.54) is 4.90 Å². The molecule has 2 N–H and O–H groups in total. The molecule has 2 aliphatic rings. The van der Waals surface area contributed by atoms with E-state index in [2.05, 4.69) is 0 Å². The van der Waals surface area contributed by atoms with Crippen molar-refractivity contribution in [1.82, 2.24) is 4.90 Å². The summed E-state index contributed by atoms with van der Waals surface area (Å²) in [7, 11) is 0. The predicted molar refractivity (Wildman–Crippen MR) is 114 cm³/mol. The second-order valence-corrected chi connectivity index (χ2v) is 9.45. The minimum absolute atomic E-state index is 0.181. The fourth-order valence-electron chi connectivity index (χ4n) is 5.40. The predicted octanol–water partition coefficient (Wildman–Crippen LogP) is 3.83. The highest BCUT2D eigenvalue weighted by atomic mass is 16.5. The van der Waals surface area contributed by atoms with Gasteiger partial charge < -0.3 is 19.8 Å². The molecule has 0 saturated carbocycles. The van der Waals surface area contributed by atoms with Crippen LogP contribution in [-0.4, -0.2) is 45.2 Å². The number of benzene rings is 1. The summed E-state index contributed by atoms with van der Waals surface area (Å²) in [6, 6.07) is 6.76. The van der Waals surface area contributed by atoms with E-state index in [-0.39, 0.29) is 12.2 Å². The van der Waals surface area contributed by atoms with Crippen molar-refractivity contribution >= 4 is 11.9 Å². The quantitative estimate of drug-likeness (QED) is 0.780. The molecule has 0 radical (unpaired) electrons. The van der Waals surface area contributed by atoms with E-state index in [1.54, 1.807) is 13.0 Å². The maximum Gasteiger partial charge on any atom is 0.330 e. The van der Waals surface area contributed by atoms with E-state index in [1.807, 2.05) is 52.0 Å². The van der Waals surface area contributed by atoms with Gasteiger partial charge in [0, 0.05) is 5.92 Å². The lowest BCUT2D eigenvalue weighted by Gasteiger charge is -2.44. The number of carboxylic acid groups (broad SMARTS) is 1. The Kier molecular flexibility index (Phi) is 6.01. The average molecular weight is 416 g/mol. The van der Waals surface area contributed by atoms with Crippen molar-refractivity contribution in [1.29, 1.82) is 0 Å². The Labute approximate surface area is 178 Å².